The van der Waals surface area contributed by atoms with Gasteiger partial charge in [0.05, 0.1) is 0 Å². The Labute approximate surface area is 105 Å². The fourth-order valence-corrected chi connectivity index (χ4v) is 1.69. The lowest BCUT2D eigenvalue weighted by molar-refractivity contribution is 0.0951. The smallest absolute Gasteiger partial charge is 0.251 e. The number of rotatable bonds is 3. The molecule has 2 rings (SSSR count). The summed E-state index contributed by atoms with van der Waals surface area (Å²) in [6.45, 7) is 2.10. The SMILES string of the molecule is Cc1cc(CNC(=O)c2ccccc2)ccc1F. The molecule has 0 saturated carbocycles. The minimum absolute atomic E-state index is 0.127. The lowest BCUT2D eigenvalue weighted by Crippen LogP contribution is -2.22. The summed E-state index contributed by atoms with van der Waals surface area (Å²) in [5, 5.41) is 2.80. The van der Waals surface area contributed by atoms with Crippen molar-refractivity contribution in [3.05, 3.63) is 71.0 Å². The molecule has 0 aliphatic heterocycles. The summed E-state index contributed by atoms with van der Waals surface area (Å²) in [6.07, 6.45) is 0. The molecular weight excluding hydrogens is 229 g/mol. The second-order valence-electron chi connectivity index (χ2n) is 4.13. The predicted molar refractivity (Wildman–Crippen MR) is 68.7 cm³/mol. The van der Waals surface area contributed by atoms with Crippen LogP contribution in [0.1, 0.15) is 21.5 Å². The molecule has 0 saturated heterocycles. The number of benzene rings is 2. The first-order valence-corrected chi connectivity index (χ1v) is 5.75. The molecule has 0 atom stereocenters. The quantitative estimate of drug-likeness (QED) is 0.882. The predicted octanol–water partition coefficient (Wildman–Crippen LogP) is 3.06. The number of carbonyl (C=O) groups excluding carboxylic acids is 1. The van der Waals surface area contributed by atoms with E-state index in [2.05, 4.69) is 5.32 Å². The van der Waals surface area contributed by atoms with E-state index in [0.29, 0.717) is 17.7 Å². The second-order valence-corrected chi connectivity index (χ2v) is 4.13. The Morgan fingerprint density at radius 3 is 2.56 bits per heavy atom. The summed E-state index contributed by atoms with van der Waals surface area (Å²) >= 11 is 0. The van der Waals surface area contributed by atoms with Crippen LogP contribution in [0.25, 0.3) is 0 Å². The maximum atomic E-state index is 13.1. The number of nitrogens with one attached hydrogen (secondary N) is 1. The van der Waals surface area contributed by atoms with E-state index in [-0.39, 0.29) is 11.7 Å². The van der Waals surface area contributed by atoms with Gasteiger partial charge in [-0.25, -0.2) is 4.39 Å². The highest BCUT2D eigenvalue weighted by Crippen LogP contribution is 2.09. The number of halogens is 1. The van der Waals surface area contributed by atoms with Crippen molar-refractivity contribution < 1.29 is 9.18 Å². The van der Waals surface area contributed by atoms with Crippen LogP contribution >= 0.6 is 0 Å². The van der Waals surface area contributed by atoms with Crippen LogP contribution in [0, 0.1) is 12.7 Å². The summed E-state index contributed by atoms with van der Waals surface area (Å²) in [5.74, 6) is -0.356. The van der Waals surface area contributed by atoms with Crippen molar-refractivity contribution in [3.8, 4) is 0 Å². The number of hydrogen-bond acceptors (Lipinski definition) is 1. The molecule has 0 unspecified atom stereocenters. The van der Waals surface area contributed by atoms with Gasteiger partial charge in [-0.1, -0.05) is 30.3 Å². The highest BCUT2D eigenvalue weighted by Gasteiger charge is 2.04. The van der Waals surface area contributed by atoms with Crippen molar-refractivity contribution >= 4 is 5.91 Å². The molecule has 2 nitrogen and oxygen atoms in total. The van der Waals surface area contributed by atoms with E-state index in [0.717, 1.165) is 5.56 Å². The zero-order chi connectivity index (χ0) is 13.0. The second kappa shape index (κ2) is 5.45. The molecule has 18 heavy (non-hydrogen) atoms. The van der Waals surface area contributed by atoms with Crippen LogP contribution in [0.15, 0.2) is 48.5 Å². The number of aryl methyl sites for hydroxylation is 1. The van der Waals surface area contributed by atoms with Crippen molar-refractivity contribution in [2.45, 2.75) is 13.5 Å². The van der Waals surface area contributed by atoms with E-state index < -0.39 is 0 Å². The molecule has 3 heteroatoms. The molecule has 0 spiro atoms. The van der Waals surface area contributed by atoms with Gasteiger partial charge in [-0.3, -0.25) is 4.79 Å². The van der Waals surface area contributed by atoms with E-state index in [1.165, 1.54) is 6.07 Å². The first-order chi connectivity index (χ1) is 8.66. The average molecular weight is 243 g/mol. The molecule has 0 aliphatic carbocycles. The van der Waals surface area contributed by atoms with Gasteiger partial charge >= 0.3 is 0 Å². The summed E-state index contributed by atoms with van der Waals surface area (Å²) in [4.78, 5) is 11.8. The monoisotopic (exact) mass is 243 g/mol. The van der Waals surface area contributed by atoms with Crippen LogP contribution in [-0.2, 0) is 6.54 Å². The van der Waals surface area contributed by atoms with Gasteiger partial charge in [-0.2, -0.15) is 0 Å². The fraction of sp³-hybridized carbons (Fsp3) is 0.133. The molecular formula is C15H14FNO. The zero-order valence-corrected chi connectivity index (χ0v) is 10.1. The summed E-state index contributed by atoms with van der Waals surface area (Å²) in [5.41, 5.74) is 2.09. The third-order valence-electron chi connectivity index (χ3n) is 2.71. The maximum Gasteiger partial charge on any atom is 0.251 e. The maximum absolute atomic E-state index is 13.1. The van der Waals surface area contributed by atoms with Crippen LogP contribution in [0.5, 0.6) is 0 Å². The Hall–Kier alpha value is -2.16. The van der Waals surface area contributed by atoms with Crippen molar-refractivity contribution in [2.75, 3.05) is 0 Å². The van der Waals surface area contributed by atoms with E-state index in [9.17, 15) is 9.18 Å². The van der Waals surface area contributed by atoms with Crippen molar-refractivity contribution in [3.63, 3.8) is 0 Å². The molecule has 0 aromatic heterocycles. The summed E-state index contributed by atoms with van der Waals surface area (Å²) in [6, 6.07) is 13.8. The Morgan fingerprint density at radius 1 is 1.17 bits per heavy atom. The first-order valence-electron chi connectivity index (χ1n) is 5.75. The molecule has 1 N–H and O–H groups in total. The highest BCUT2D eigenvalue weighted by molar-refractivity contribution is 5.94. The van der Waals surface area contributed by atoms with E-state index >= 15 is 0 Å². The van der Waals surface area contributed by atoms with Crippen molar-refractivity contribution in [1.29, 1.82) is 0 Å². The fourth-order valence-electron chi connectivity index (χ4n) is 1.69. The van der Waals surface area contributed by atoms with Gasteiger partial charge in [0.25, 0.3) is 5.91 Å². The van der Waals surface area contributed by atoms with Gasteiger partial charge < -0.3 is 5.32 Å². The molecule has 2 aromatic carbocycles. The molecule has 0 radical (unpaired) electrons. The van der Waals surface area contributed by atoms with Crippen LogP contribution < -0.4 is 5.32 Å². The molecule has 92 valence electrons. The van der Waals surface area contributed by atoms with Gasteiger partial charge in [0.15, 0.2) is 0 Å². The molecule has 0 fully saturated rings. The van der Waals surface area contributed by atoms with Gasteiger partial charge in [0.1, 0.15) is 5.82 Å². The van der Waals surface area contributed by atoms with E-state index in [1.807, 2.05) is 18.2 Å². The molecule has 0 aliphatic rings. The highest BCUT2D eigenvalue weighted by atomic mass is 19.1. The summed E-state index contributed by atoms with van der Waals surface area (Å²) < 4.78 is 13.1. The van der Waals surface area contributed by atoms with Gasteiger partial charge in [-0.15, -0.1) is 0 Å². The minimum Gasteiger partial charge on any atom is -0.348 e. The van der Waals surface area contributed by atoms with Crippen molar-refractivity contribution in [2.24, 2.45) is 0 Å². The topological polar surface area (TPSA) is 29.1 Å². The van der Waals surface area contributed by atoms with Crippen LogP contribution in [0.3, 0.4) is 0 Å². The minimum atomic E-state index is -0.229. The lowest BCUT2D eigenvalue weighted by Gasteiger charge is -2.06. The Morgan fingerprint density at radius 2 is 1.89 bits per heavy atom. The van der Waals surface area contributed by atoms with Crippen LogP contribution in [0.4, 0.5) is 4.39 Å². The number of carbonyl (C=O) groups is 1. The van der Waals surface area contributed by atoms with E-state index in [1.54, 1.807) is 31.2 Å². The van der Waals surface area contributed by atoms with Gasteiger partial charge in [-0.05, 0) is 36.2 Å². The molecule has 0 heterocycles. The standard InChI is InChI=1S/C15H14FNO/c1-11-9-12(7-8-14(11)16)10-17-15(18)13-5-3-2-4-6-13/h2-9H,10H2,1H3,(H,17,18). The normalized spacial score (nSPS) is 10.1. The lowest BCUT2D eigenvalue weighted by atomic mass is 10.1. The van der Waals surface area contributed by atoms with E-state index in [4.69, 9.17) is 0 Å². The van der Waals surface area contributed by atoms with Crippen LogP contribution in [-0.4, -0.2) is 5.91 Å². The average Bonchev–Trinajstić information content (AvgIpc) is 2.41. The zero-order valence-electron chi connectivity index (χ0n) is 10.1. The first kappa shape index (κ1) is 12.3. The number of amides is 1. The third kappa shape index (κ3) is 2.94. The van der Waals surface area contributed by atoms with Gasteiger partial charge in [0.2, 0.25) is 0 Å². The Kier molecular flexibility index (Phi) is 3.72. The summed E-state index contributed by atoms with van der Waals surface area (Å²) in [7, 11) is 0. The van der Waals surface area contributed by atoms with Crippen molar-refractivity contribution in [1.82, 2.24) is 5.32 Å². The largest absolute Gasteiger partial charge is 0.348 e. The van der Waals surface area contributed by atoms with Crippen LogP contribution in [0.2, 0.25) is 0 Å². The van der Waals surface area contributed by atoms with Gasteiger partial charge in [0, 0.05) is 12.1 Å². The Balaban J connectivity index is 1.99. The molecule has 0 bridgehead atoms. The number of hydrogen-bond donors (Lipinski definition) is 1. The Bertz CT molecular complexity index is 552. The molecule has 1 amide bonds. The molecule has 2 aromatic rings. The third-order valence-corrected chi connectivity index (χ3v) is 2.71.